The molecule has 3 aromatic rings. The van der Waals surface area contributed by atoms with E-state index in [2.05, 4.69) is 11.8 Å². The maximum atomic E-state index is 13.3. The van der Waals surface area contributed by atoms with E-state index in [-0.39, 0.29) is 16.7 Å². The Labute approximate surface area is 184 Å². The topological polar surface area (TPSA) is 58.4 Å². The van der Waals surface area contributed by atoms with Crippen LogP contribution in [0.3, 0.4) is 0 Å². The Morgan fingerprint density at radius 3 is 2.63 bits per heavy atom. The highest BCUT2D eigenvalue weighted by atomic mass is 32.2. The number of rotatable bonds is 5. The van der Waals surface area contributed by atoms with Crippen LogP contribution in [0.2, 0.25) is 0 Å². The number of amides is 1. The van der Waals surface area contributed by atoms with Gasteiger partial charge in [-0.3, -0.25) is 14.2 Å². The molecule has 2 aromatic heterocycles. The van der Waals surface area contributed by atoms with Crippen molar-refractivity contribution in [3.8, 4) is 5.69 Å². The number of piperazine rings is 1. The SMILES string of the molecule is CCN1CCN(C(=O)C(C)Sc2nc3sccc3c(=O)n2-c2ccccc2C)CC1. The van der Waals surface area contributed by atoms with Crippen LogP contribution < -0.4 is 5.56 Å². The third-order valence-corrected chi connectivity index (χ3v) is 7.43. The number of thioether (sulfide) groups is 1. The van der Waals surface area contributed by atoms with E-state index in [9.17, 15) is 9.59 Å². The van der Waals surface area contributed by atoms with Crippen LogP contribution in [0.25, 0.3) is 15.9 Å². The van der Waals surface area contributed by atoms with Gasteiger partial charge in [-0.25, -0.2) is 4.98 Å². The minimum absolute atomic E-state index is 0.0886. The third-order valence-electron chi connectivity index (χ3n) is 5.58. The van der Waals surface area contributed by atoms with Crippen LogP contribution in [-0.2, 0) is 4.79 Å². The number of carbonyl (C=O) groups is 1. The molecule has 0 saturated carbocycles. The quantitative estimate of drug-likeness (QED) is 0.448. The van der Waals surface area contributed by atoms with Gasteiger partial charge in [-0.15, -0.1) is 11.3 Å². The molecule has 1 aliphatic rings. The van der Waals surface area contributed by atoms with Crippen LogP contribution in [-0.4, -0.2) is 63.2 Å². The summed E-state index contributed by atoms with van der Waals surface area (Å²) >= 11 is 2.82. The lowest BCUT2D eigenvalue weighted by Gasteiger charge is -2.35. The predicted molar refractivity (Wildman–Crippen MR) is 124 cm³/mol. The molecule has 6 nitrogen and oxygen atoms in total. The van der Waals surface area contributed by atoms with Crippen molar-refractivity contribution in [3.63, 3.8) is 0 Å². The van der Waals surface area contributed by atoms with Crippen molar-refractivity contribution in [2.24, 2.45) is 0 Å². The number of para-hydroxylation sites is 1. The zero-order chi connectivity index (χ0) is 21.3. The molecule has 30 heavy (non-hydrogen) atoms. The molecule has 1 atom stereocenters. The van der Waals surface area contributed by atoms with Crippen LogP contribution in [0.4, 0.5) is 0 Å². The van der Waals surface area contributed by atoms with Gasteiger partial charge >= 0.3 is 0 Å². The summed E-state index contributed by atoms with van der Waals surface area (Å²) in [6.07, 6.45) is 0. The molecule has 1 amide bonds. The standard InChI is InChI=1S/C22H26N4O2S2/c1-4-24-10-12-25(13-11-24)20(27)16(3)30-22-23-19-17(9-14-29-19)21(28)26(22)18-8-6-5-7-15(18)2/h5-9,14,16H,4,10-13H2,1-3H3. The maximum absolute atomic E-state index is 13.3. The molecule has 0 radical (unpaired) electrons. The van der Waals surface area contributed by atoms with E-state index in [0.29, 0.717) is 15.4 Å². The van der Waals surface area contributed by atoms with Gasteiger partial charge in [0.15, 0.2) is 5.16 Å². The summed E-state index contributed by atoms with van der Waals surface area (Å²) < 4.78 is 1.66. The predicted octanol–water partition coefficient (Wildman–Crippen LogP) is 3.40. The van der Waals surface area contributed by atoms with Gasteiger partial charge in [-0.1, -0.05) is 36.9 Å². The molecule has 1 unspecified atom stereocenters. The summed E-state index contributed by atoms with van der Waals surface area (Å²) in [5, 5.41) is 2.75. The molecule has 1 fully saturated rings. The summed E-state index contributed by atoms with van der Waals surface area (Å²) in [7, 11) is 0. The van der Waals surface area contributed by atoms with E-state index in [1.807, 2.05) is 54.5 Å². The highest BCUT2D eigenvalue weighted by Crippen LogP contribution is 2.28. The van der Waals surface area contributed by atoms with Crippen LogP contribution in [0.1, 0.15) is 19.4 Å². The van der Waals surface area contributed by atoms with Crippen molar-refractivity contribution in [1.82, 2.24) is 19.4 Å². The van der Waals surface area contributed by atoms with Crippen molar-refractivity contribution >= 4 is 39.2 Å². The van der Waals surface area contributed by atoms with Crippen molar-refractivity contribution in [2.75, 3.05) is 32.7 Å². The second-order valence-corrected chi connectivity index (χ2v) is 9.68. The molecular formula is C22H26N4O2S2. The van der Waals surface area contributed by atoms with Crippen LogP contribution >= 0.6 is 23.1 Å². The molecule has 0 spiro atoms. The number of benzene rings is 1. The number of carbonyl (C=O) groups excluding carboxylic acids is 1. The summed E-state index contributed by atoms with van der Waals surface area (Å²) in [6, 6.07) is 9.60. The summed E-state index contributed by atoms with van der Waals surface area (Å²) in [5.41, 5.74) is 1.71. The monoisotopic (exact) mass is 442 g/mol. The van der Waals surface area contributed by atoms with Gasteiger partial charge in [0.25, 0.3) is 5.56 Å². The van der Waals surface area contributed by atoms with Crippen molar-refractivity contribution in [1.29, 1.82) is 0 Å². The molecule has 1 aliphatic heterocycles. The fraction of sp³-hybridized carbons (Fsp3) is 0.409. The molecular weight excluding hydrogens is 416 g/mol. The number of thiophene rings is 1. The summed E-state index contributed by atoms with van der Waals surface area (Å²) in [4.78, 5) is 36.2. The number of hydrogen-bond donors (Lipinski definition) is 0. The minimum atomic E-state index is -0.322. The second kappa shape index (κ2) is 8.91. The Kier molecular flexibility index (Phi) is 6.26. The molecule has 0 aliphatic carbocycles. The van der Waals surface area contributed by atoms with Crippen LogP contribution in [0.15, 0.2) is 45.7 Å². The molecule has 158 valence electrons. The molecule has 0 N–H and O–H groups in total. The average Bonchev–Trinajstić information content (AvgIpc) is 3.23. The lowest BCUT2D eigenvalue weighted by atomic mass is 10.2. The normalized spacial score (nSPS) is 16.2. The van der Waals surface area contributed by atoms with E-state index in [1.54, 1.807) is 4.57 Å². The lowest BCUT2D eigenvalue weighted by Crippen LogP contribution is -2.50. The number of nitrogens with zero attached hydrogens (tertiary/aromatic N) is 4. The van der Waals surface area contributed by atoms with E-state index in [4.69, 9.17) is 4.98 Å². The third kappa shape index (κ3) is 4.04. The number of hydrogen-bond acceptors (Lipinski definition) is 6. The van der Waals surface area contributed by atoms with Gasteiger partial charge in [0.2, 0.25) is 5.91 Å². The smallest absolute Gasteiger partial charge is 0.267 e. The van der Waals surface area contributed by atoms with E-state index >= 15 is 0 Å². The van der Waals surface area contributed by atoms with Crippen molar-refractivity contribution in [2.45, 2.75) is 31.2 Å². The van der Waals surface area contributed by atoms with Gasteiger partial charge in [-0.05, 0) is 43.5 Å². The fourth-order valence-corrected chi connectivity index (χ4v) is 5.56. The highest BCUT2D eigenvalue weighted by Gasteiger charge is 2.27. The van der Waals surface area contributed by atoms with Gasteiger partial charge in [-0.2, -0.15) is 0 Å². The van der Waals surface area contributed by atoms with E-state index in [1.165, 1.54) is 23.1 Å². The van der Waals surface area contributed by atoms with Crippen molar-refractivity contribution < 1.29 is 4.79 Å². The largest absolute Gasteiger partial charge is 0.339 e. The first kappa shape index (κ1) is 21.1. The number of aryl methyl sites for hydroxylation is 1. The molecule has 4 rings (SSSR count). The first-order valence-electron chi connectivity index (χ1n) is 10.2. The van der Waals surface area contributed by atoms with Crippen molar-refractivity contribution in [3.05, 3.63) is 51.6 Å². The Morgan fingerprint density at radius 1 is 1.20 bits per heavy atom. The minimum Gasteiger partial charge on any atom is -0.339 e. The molecule has 8 heteroatoms. The molecule has 0 bridgehead atoms. The summed E-state index contributed by atoms with van der Waals surface area (Å²) in [6.45, 7) is 10.4. The Morgan fingerprint density at radius 2 is 1.93 bits per heavy atom. The maximum Gasteiger partial charge on any atom is 0.267 e. The number of aromatic nitrogens is 2. The van der Waals surface area contributed by atoms with Crippen LogP contribution in [0.5, 0.6) is 0 Å². The Balaban J connectivity index is 1.67. The fourth-order valence-electron chi connectivity index (χ4n) is 3.75. The Bertz CT molecular complexity index is 1120. The lowest BCUT2D eigenvalue weighted by molar-refractivity contribution is -0.132. The first-order chi connectivity index (χ1) is 14.5. The highest BCUT2D eigenvalue weighted by molar-refractivity contribution is 8.00. The first-order valence-corrected chi connectivity index (χ1v) is 12.0. The van der Waals surface area contributed by atoms with Crippen LogP contribution in [0, 0.1) is 6.92 Å². The average molecular weight is 443 g/mol. The summed E-state index contributed by atoms with van der Waals surface area (Å²) in [5.74, 6) is 0.104. The molecule has 3 heterocycles. The zero-order valence-corrected chi connectivity index (χ0v) is 19.1. The zero-order valence-electron chi connectivity index (χ0n) is 17.5. The Hall–Kier alpha value is -2.16. The molecule has 1 aromatic carbocycles. The molecule has 1 saturated heterocycles. The number of fused-ring (bicyclic) bond motifs is 1. The second-order valence-electron chi connectivity index (χ2n) is 7.48. The van der Waals surface area contributed by atoms with Gasteiger partial charge in [0.05, 0.1) is 16.3 Å². The van der Waals surface area contributed by atoms with Gasteiger partial charge < -0.3 is 9.80 Å². The van der Waals surface area contributed by atoms with E-state index < -0.39 is 0 Å². The van der Waals surface area contributed by atoms with E-state index in [0.717, 1.165) is 44.0 Å². The number of likely N-dealkylation sites (N-methyl/N-ethyl adjacent to an activating group) is 1. The van der Waals surface area contributed by atoms with Gasteiger partial charge in [0, 0.05) is 26.2 Å². The van der Waals surface area contributed by atoms with Gasteiger partial charge in [0.1, 0.15) is 4.83 Å².